The molecule has 2 aromatic carbocycles. The Kier molecular flexibility index (Phi) is 6.09. The highest BCUT2D eigenvalue weighted by Crippen LogP contribution is 2.55. The summed E-state index contributed by atoms with van der Waals surface area (Å²) >= 11 is 4.66. The van der Waals surface area contributed by atoms with Crippen molar-refractivity contribution in [3.8, 4) is 24.3 Å². The molecule has 224 valence electrons. The highest BCUT2D eigenvalue weighted by Gasteiger charge is 2.40. The number of thiophene rings is 3. The predicted octanol–water partition coefficient (Wildman–Crippen LogP) is 7.81. The van der Waals surface area contributed by atoms with Crippen LogP contribution in [0.1, 0.15) is 92.9 Å². The molecule has 3 heterocycles. The van der Waals surface area contributed by atoms with Crippen molar-refractivity contribution in [3.63, 3.8) is 0 Å². The van der Waals surface area contributed by atoms with Crippen LogP contribution in [0.15, 0.2) is 53.1 Å². The largest absolute Gasteiger partial charge is 0.288 e. The Morgan fingerprint density at radius 1 is 0.583 bits per heavy atom. The number of benzene rings is 2. The fourth-order valence-corrected chi connectivity index (χ4v) is 11.0. The lowest BCUT2D eigenvalue weighted by molar-refractivity contribution is 0.0974. The smallest absolute Gasteiger partial charge is 0.197 e. The molecule has 0 fully saturated rings. The summed E-state index contributed by atoms with van der Waals surface area (Å²) in [4.78, 5) is 54.7. The quantitative estimate of drug-likeness (QED) is 0.135. The molecule has 0 radical (unpaired) electrons. The maximum absolute atomic E-state index is 13.3. The number of Topliss-reactive ketones (excluding diaryl/α,β-unsaturated/α-hetero) is 4. The molecule has 5 aromatic rings. The highest BCUT2D eigenvalue weighted by molar-refractivity contribution is 7.39. The van der Waals surface area contributed by atoms with Crippen LogP contribution in [0.3, 0.4) is 0 Å². The van der Waals surface area contributed by atoms with E-state index in [0.717, 1.165) is 39.7 Å². The van der Waals surface area contributed by atoms with Gasteiger partial charge in [0.2, 0.25) is 0 Å². The summed E-state index contributed by atoms with van der Waals surface area (Å²) in [5.41, 5.74) is 2.07. The van der Waals surface area contributed by atoms with Gasteiger partial charge in [0.1, 0.15) is 24.3 Å². The zero-order chi connectivity index (χ0) is 33.8. The molecule has 48 heavy (non-hydrogen) atoms. The Labute approximate surface area is 283 Å². The van der Waals surface area contributed by atoms with Crippen LogP contribution in [0.5, 0.6) is 0 Å². The van der Waals surface area contributed by atoms with E-state index in [1.54, 1.807) is 34.8 Å². The monoisotopic (exact) mass is 674 g/mol. The number of allylic oxidation sites excluding steroid dienone is 4. The average Bonchev–Trinajstić information content (AvgIpc) is 3.87. The van der Waals surface area contributed by atoms with Crippen molar-refractivity contribution in [3.05, 3.63) is 113 Å². The van der Waals surface area contributed by atoms with Gasteiger partial charge in [-0.05, 0) is 59.7 Å². The minimum atomic E-state index is -0.539. The fourth-order valence-electron chi connectivity index (χ4n) is 6.54. The zero-order valence-corrected chi connectivity index (χ0v) is 27.2. The third-order valence-corrected chi connectivity index (χ3v) is 12.8. The summed E-state index contributed by atoms with van der Waals surface area (Å²) in [6, 6.07) is 14.8. The van der Waals surface area contributed by atoms with Gasteiger partial charge in [0.05, 0.1) is 47.5 Å². The van der Waals surface area contributed by atoms with E-state index in [1.807, 2.05) is 50.3 Å². The number of nitriles is 4. The Morgan fingerprint density at radius 3 is 1.50 bits per heavy atom. The predicted molar refractivity (Wildman–Crippen MR) is 181 cm³/mol. The second kappa shape index (κ2) is 9.96. The first-order valence-electron chi connectivity index (χ1n) is 14.3. The molecule has 11 heteroatoms. The molecule has 0 saturated heterocycles. The number of carbonyl (C=O) groups excluding carboxylic acids is 4. The van der Waals surface area contributed by atoms with Crippen molar-refractivity contribution in [1.82, 2.24) is 0 Å². The van der Waals surface area contributed by atoms with Gasteiger partial charge in [0.25, 0.3) is 0 Å². The molecule has 0 spiro atoms. The van der Waals surface area contributed by atoms with Crippen LogP contribution in [0.4, 0.5) is 0 Å². The molecule has 0 unspecified atom stereocenters. The van der Waals surface area contributed by atoms with Gasteiger partial charge in [-0.25, -0.2) is 0 Å². The van der Waals surface area contributed by atoms with Crippen molar-refractivity contribution in [2.75, 3.05) is 0 Å². The van der Waals surface area contributed by atoms with Crippen LogP contribution in [0.25, 0.3) is 31.0 Å². The van der Waals surface area contributed by atoms with Gasteiger partial charge in [0.15, 0.2) is 23.1 Å². The molecule has 3 aliphatic carbocycles. The van der Waals surface area contributed by atoms with Gasteiger partial charge < -0.3 is 0 Å². The van der Waals surface area contributed by atoms with Crippen LogP contribution in [0.2, 0.25) is 0 Å². The summed E-state index contributed by atoms with van der Waals surface area (Å²) in [5, 5.41) is 37.5. The number of rotatable bonds is 2. The summed E-state index contributed by atoms with van der Waals surface area (Å²) in [6.07, 6.45) is 5.20. The SMILES string of the molecule is CC1(C)C(C=C2C(=O)c3cc(C#N)c(C#N)cc3C2=O)=Cc2sc3c(sc4cc(C=C5C(=O)c6cc(C#N)c(C#N)cc6C5=O)sc43)c21. The van der Waals surface area contributed by atoms with Gasteiger partial charge in [-0.2, -0.15) is 21.0 Å². The van der Waals surface area contributed by atoms with Crippen molar-refractivity contribution < 1.29 is 19.2 Å². The topological polar surface area (TPSA) is 163 Å². The first-order chi connectivity index (χ1) is 23.0. The van der Waals surface area contributed by atoms with Crippen molar-refractivity contribution in [2.45, 2.75) is 19.3 Å². The summed E-state index contributed by atoms with van der Waals surface area (Å²) in [5.74, 6) is -1.88. The van der Waals surface area contributed by atoms with E-state index in [4.69, 9.17) is 0 Å². The van der Waals surface area contributed by atoms with E-state index in [9.17, 15) is 40.2 Å². The lowest BCUT2D eigenvalue weighted by Crippen LogP contribution is -2.16. The van der Waals surface area contributed by atoms with Crippen molar-refractivity contribution in [1.29, 1.82) is 21.0 Å². The van der Waals surface area contributed by atoms with Gasteiger partial charge in [-0.3, -0.25) is 19.2 Å². The fraction of sp³-hybridized carbons (Fsp3) is 0.0811. The second-order valence-corrected chi connectivity index (χ2v) is 15.1. The Bertz CT molecular complexity index is 2660. The maximum atomic E-state index is 13.3. The second-order valence-electron chi connectivity index (χ2n) is 11.9. The third kappa shape index (κ3) is 3.81. The first-order valence-corrected chi connectivity index (χ1v) is 16.8. The number of hydrogen-bond acceptors (Lipinski definition) is 11. The summed E-state index contributed by atoms with van der Waals surface area (Å²) in [6.45, 7) is 4.08. The number of ketones is 4. The Hall–Kier alpha value is -6.08. The van der Waals surface area contributed by atoms with E-state index < -0.39 is 28.5 Å². The van der Waals surface area contributed by atoms with E-state index in [0.29, 0.717) is 0 Å². The Morgan fingerprint density at radius 2 is 1.04 bits per heavy atom. The van der Waals surface area contributed by atoms with Crippen LogP contribution in [0, 0.1) is 45.3 Å². The summed E-state index contributed by atoms with van der Waals surface area (Å²) in [7, 11) is 0. The number of carbonyl (C=O) groups is 4. The average molecular weight is 675 g/mol. The molecule has 0 aliphatic heterocycles. The van der Waals surface area contributed by atoms with Crippen molar-refractivity contribution >= 4 is 88.1 Å². The first kappa shape index (κ1) is 29.3. The van der Waals surface area contributed by atoms with Gasteiger partial charge in [0, 0.05) is 42.1 Å². The van der Waals surface area contributed by atoms with E-state index in [1.165, 1.54) is 35.6 Å². The third-order valence-electron chi connectivity index (χ3n) is 9.00. The van der Waals surface area contributed by atoms with E-state index in [-0.39, 0.29) is 55.7 Å². The molecule has 0 N–H and O–H groups in total. The minimum absolute atomic E-state index is 0.00426. The highest BCUT2D eigenvalue weighted by atomic mass is 32.1. The van der Waals surface area contributed by atoms with E-state index in [2.05, 4.69) is 0 Å². The molecular formula is C37H14N4O4S3. The molecule has 3 aromatic heterocycles. The lowest BCUT2D eigenvalue weighted by Gasteiger charge is -2.22. The van der Waals surface area contributed by atoms with Gasteiger partial charge in [-0.15, -0.1) is 34.0 Å². The van der Waals surface area contributed by atoms with Crippen LogP contribution < -0.4 is 0 Å². The molecule has 3 aliphatic rings. The van der Waals surface area contributed by atoms with Gasteiger partial charge in [-0.1, -0.05) is 13.8 Å². The van der Waals surface area contributed by atoms with Crippen LogP contribution in [-0.2, 0) is 5.41 Å². The van der Waals surface area contributed by atoms with Crippen LogP contribution >= 0.6 is 34.0 Å². The molecule has 8 nitrogen and oxygen atoms in total. The lowest BCUT2D eigenvalue weighted by atomic mass is 9.81. The Balaban J connectivity index is 1.15. The minimum Gasteiger partial charge on any atom is -0.288 e. The number of nitrogens with zero attached hydrogens (tertiary/aromatic N) is 4. The zero-order valence-electron chi connectivity index (χ0n) is 24.8. The number of hydrogen-bond donors (Lipinski definition) is 0. The molecular weight excluding hydrogens is 661 g/mol. The maximum Gasteiger partial charge on any atom is 0.197 e. The standard InChI is InChI=1S/C37H14N4O4S3/c1-37(2)19(7-25-30(42)21-3-15(11-38)16(12-39)4-22(21)31(25)43)8-27-29(37)35-36(47-27)34-28(48-35)10-20(46-34)9-26-32(44)23-5-17(13-40)18(14-41)6-24(23)33(26)45/h3-10H,1-2H3. The van der Waals surface area contributed by atoms with Gasteiger partial charge >= 0.3 is 0 Å². The van der Waals surface area contributed by atoms with E-state index >= 15 is 0 Å². The molecule has 0 atom stereocenters. The molecule has 0 bridgehead atoms. The van der Waals surface area contributed by atoms with Crippen LogP contribution in [-0.4, -0.2) is 23.1 Å². The molecule has 0 amide bonds. The summed E-state index contributed by atoms with van der Waals surface area (Å²) < 4.78 is 4.18. The number of fused-ring (bicyclic) bond motifs is 7. The van der Waals surface area contributed by atoms with Crippen molar-refractivity contribution in [2.24, 2.45) is 0 Å². The molecule has 8 rings (SSSR count). The molecule has 0 saturated carbocycles. The normalized spacial score (nSPS) is 15.6.